The van der Waals surface area contributed by atoms with Crippen molar-refractivity contribution in [3.63, 3.8) is 0 Å². The second-order valence-corrected chi connectivity index (χ2v) is 5.29. The van der Waals surface area contributed by atoms with Gasteiger partial charge in [0.2, 0.25) is 0 Å². The summed E-state index contributed by atoms with van der Waals surface area (Å²) in [5.41, 5.74) is 0. The van der Waals surface area contributed by atoms with Crippen LogP contribution in [0.2, 0.25) is 0 Å². The van der Waals surface area contributed by atoms with Crippen LogP contribution in [0.4, 0.5) is 0 Å². The second kappa shape index (κ2) is 7.11. The summed E-state index contributed by atoms with van der Waals surface area (Å²) in [5.74, 6) is 1.00. The van der Waals surface area contributed by atoms with E-state index in [1.807, 2.05) is 49.3 Å². The van der Waals surface area contributed by atoms with Gasteiger partial charge in [0.15, 0.2) is 5.96 Å². The zero-order valence-corrected chi connectivity index (χ0v) is 13.7. The minimum absolute atomic E-state index is 0. The van der Waals surface area contributed by atoms with Crippen molar-refractivity contribution in [2.24, 2.45) is 4.99 Å². The fraction of sp³-hybridized carbons (Fsp3) is 0.545. The first-order valence-electron chi connectivity index (χ1n) is 4.95. The number of hydrogen-bond donors (Lipinski definition) is 0. The molecule has 5 heteroatoms. The lowest BCUT2D eigenvalue weighted by Gasteiger charge is -2.22. The summed E-state index contributed by atoms with van der Waals surface area (Å²) in [6, 6.07) is 4.28. The summed E-state index contributed by atoms with van der Waals surface area (Å²) in [7, 11) is 8.05. The maximum atomic E-state index is 4.59. The van der Waals surface area contributed by atoms with Crippen LogP contribution >= 0.6 is 35.3 Å². The highest BCUT2D eigenvalue weighted by molar-refractivity contribution is 14.0. The Kier molecular flexibility index (Phi) is 6.98. The van der Waals surface area contributed by atoms with E-state index in [9.17, 15) is 0 Å². The molecular weight excluding hydrogens is 333 g/mol. The number of rotatable bonds is 2. The standard InChI is InChI=1S/C11H19N3S.HI/c1-9-6-7-10(15-9)8-12-11(13(2)3)14(4)5;/h6-7H,8H2,1-5H3;1H. The first kappa shape index (κ1) is 15.7. The highest BCUT2D eigenvalue weighted by atomic mass is 127. The van der Waals surface area contributed by atoms with Crippen LogP contribution in [0.25, 0.3) is 0 Å². The number of halogens is 1. The molecule has 0 aliphatic rings. The number of hydrogen-bond acceptors (Lipinski definition) is 2. The van der Waals surface area contributed by atoms with Gasteiger partial charge in [0.1, 0.15) is 0 Å². The van der Waals surface area contributed by atoms with Crippen LogP contribution in [0, 0.1) is 6.92 Å². The quantitative estimate of drug-likeness (QED) is 0.463. The van der Waals surface area contributed by atoms with Crippen molar-refractivity contribution in [2.45, 2.75) is 13.5 Å². The van der Waals surface area contributed by atoms with Crippen LogP contribution in [-0.2, 0) is 6.54 Å². The van der Waals surface area contributed by atoms with Crippen LogP contribution in [0.15, 0.2) is 17.1 Å². The van der Waals surface area contributed by atoms with Gasteiger partial charge in [-0.3, -0.25) is 0 Å². The summed E-state index contributed by atoms with van der Waals surface area (Å²) in [4.78, 5) is 11.3. The van der Waals surface area contributed by atoms with E-state index in [-0.39, 0.29) is 24.0 Å². The predicted octanol–water partition coefficient (Wildman–Crippen LogP) is 2.65. The topological polar surface area (TPSA) is 18.8 Å². The Morgan fingerprint density at radius 3 is 2.12 bits per heavy atom. The van der Waals surface area contributed by atoms with E-state index in [1.54, 1.807) is 0 Å². The van der Waals surface area contributed by atoms with Gasteiger partial charge in [0.25, 0.3) is 0 Å². The van der Waals surface area contributed by atoms with E-state index in [4.69, 9.17) is 0 Å². The molecule has 1 aromatic heterocycles. The van der Waals surface area contributed by atoms with Gasteiger partial charge in [-0.1, -0.05) is 0 Å². The lowest BCUT2D eigenvalue weighted by atomic mass is 10.4. The number of guanidine groups is 1. The van der Waals surface area contributed by atoms with Crippen LogP contribution in [0.1, 0.15) is 9.75 Å². The van der Waals surface area contributed by atoms with Crippen LogP contribution in [-0.4, -0.2) is 44.0 Å². The molecule has 0 atom stereocenters. The van der Waals surface area contributed by atoms with Crippen molar-refractivity contribution in [1.82, 2.24) is 9.80 Å². The third-order valence-corrected chi connectivity index (χ3v) is 2.96. The zero-order valence-electron chi connectivity index (χ0n) is 10.5. The first-order chi connectivity index (χ1) is 7.00. The summed E-state index contributed by atoms with van der Waals surface area (Å²) in [5, 5.41) is 0. The van der Waals surface area contributed by atoms with Gasteiger partial charge in [0.05, 0.1) is 6.54 Å². The Bertz CT molecular complexity index is 335. The molecule has 0 aliphatic carbocycles. The molecule has 1 rings (SSSR count). The van der Waals surface area contributed by atoms with Gasteiger partial charge < -0.3 is 9.80 Å². The van der Waals surface area contributed by atoms with Crippen LogP contribution in [0.3, 0.4) is 0 Å². The minimum Gasteiger partial charge on any atom is -0.349 e. The van der Waals surface area contributed by atoms with Crippen molar-refractivity contribution in [1.29, 1.82) is 0 Å². The Hall–Kier alpha value is -0.300. The molecule has 0 N–H and O–H groups in total. The number of thiophene rings is 1. The lowest BCUT2D eigenvalue weighted by Crippen LogP contribution is -2.35. The van der Waals surface area contributed by atoms with E-state index in [0.717, 1.165) is 12.5 Å². The van der Waals surface area contributed by atoms with Crippen molar-refractivity contribution in [3.8, 4) is 0 Å². The Morgan fingerprint density at radius 2 is 1.75 bits per heavy atom. The normalized spacial score (nSPS) is 9.31. The number of aliphatic imine (C=N–C) groups is 1. The Morgan fingerprint density at radius 1 is 1.19 bits per heavy atom. The average Bonchev–Trinajstić information content (AvgIpc) is 2.50. The molecule has 0 aromatic carbocycles. The Labute approximate surface area is 119 Å². The molecule has 0 aliphatic heterocycles. The SMILES string of the molecule is Cc1ccc(CN=C(N(C)C)N(C)C)s1.I. The summed E-state index contributed by atoms with van der Waals surface area (Å²) < 4.78 is 0. The van der Waals surface area contributed by atoms with E-state index in [2.05, 4.69) is 24.0 Å². The molecule has 0 saturated heterocycles. The summed E-state index contributed by atoms with van der Waals surface area (Å²) in [6.45, 7) is 2.89. The fourth-order valence-electron chi connectivity index (χ4n) is 1.40. The largest absolute Gasteiger partial charge is 0.349 e. The monoisotopic (exact) mass is 353 g/mol. The molecule has 0 radical (unpaired) electrons. The first-order valence-corrected chi connectivity index (χ1v) is 5.76. The molecule has 0 fully saturated rings. The highest BCUT2D eigenvalue weighted by Gasteiger charge is 2.04. The second-order valence-electron chi connectivity index (χ2n) is 3.92. The number of nitrogens with zero attached hydrogens (tertiary/aromatic N) is 3. The van der Waals surface area contributed by atoms with Gasteiger partial charge >= 0.3 is 0 Å². The summed E-state index contributed by atoms with van der Waals surface area (Å²) >= 11 is 1.81. The summed E-state index contributed by atoms with van der Waals surface area (Å²) in [6.07, 6.45) is 0. The zero-order chi connectivity index (χ0) is 11.4. The van der Waals surface area contributed by atoms with Crippen molar-refractivity contribution >= 4 is 41.3 Å². The molecule has 0 spiro atoms. The minimum atomic E-state index is 0. The molecule has 3 nitrogen and oxygen atoms in total. The molecule has 0 saturated carbocycles. The smallest absolute Gasteiger partial charge is 0.195 e. The van der Waals surface area contributed by atoms with Crippen LogP contribution < -0.4 is 0 Å². The lowest BCUT2D eigenvalue weighted by molar-refractivity contribution is 0.479. The van der Waals surface area contributed by atoms with E-state index in [0.29, 0.717) is 0 Å². The molecule has 0 amide bonds. The molecule has 16 heavy (non-hydrogen) atoms. The van der Waals surface area contributed by atoms with Crippen LogP contribution in [0.5, 0.6) is 0 Å². The molecule has 0 bridgehead atoms. The Balaban J connectivity index is 0.00000225. The third-order valence-electron chi connectivity index (χ3n) is 1.97. The molecule has 1 heterocycles. The van der Waals surface area contributed by atoms with E-state index in [1.165, 1.54) is 9.75 Å². The van der Waals surface area contributed by atoms with Gasteiger partial charge in [-0.05, 0) is 19.1 Å². The van der Waals surface area contributed by atoms with E-state index >= 15 is 0 Å². The molecule has 1 aromatic rings. The maximum absolute atomic E-state index is 4.59. The van der Waals surface area contributed by atoms with Gasteiger partial charge in [-0.25, -0.2) is 4.99 Å². The van der Waals surface area contributed by atoms with Crippen molar-refractivity contribution in [2.75, 3.05) is 28.2 Å². The molecular formula is C11H20IN3S. The van der Waals surface area contributed by atoms with Gasteiger partial charge in [-0.2, -0.15) is 0 Å². The predicted molar refractivity (Wildman–Crippen MR) is 83.0 cm³/mol. The highest BCUT2D eigenvalue weighted by Crippen LogP contribution is 2.15. The van der Waals surface area contributed by atoms with E-state index < -0.39 is 0 Å². The fourth-order valence-corrected chi connectivity index (χ4v) is 2.22. The number of aryl methyl sites for hydroxylation is 1. The average molecular weight is 353 g/mol. The molecule has 92 valence electrons. The molecule has 0 unspecified atom stereocenters. The van der Waals surface area contributed by atoms with Crippen molar-refractivity contribution < 1.29 is 0 Å². The van der Waals surface area contributed by atoms with Gasteiger partial charge in [0, 0.05) is 37.9 Å². The van der Waals surface area contributed by atoms with Crippen molar-refractivity contribution in [3.05, 3.63) is 21.9 Å². The maximum Gasteiger partial charge on any atom is 0.195 e. The third kappa shape index (κ3) is 4.69. The van der Waals surface area contributed by atoms with Gasteiger partial charge in [-0.15, -0.1) is 35.3 Å².